The first kappa shape index (κ1) is 13.8. The summed E-state index contributed by atoms with van der Waals surface area (Å²) >= 11 is 6.46. The largest absolute Gasteiger partial charge is 0.356 e. The molecule has 0 saturated carbocycles. The molecule has 1 aliphatic carbocycles. The highest BCUT2D eigenvalue weighted by Crippen LogP contribution is 2.52. The topological polar surface area (TPSA) is 55.1 Å². The molecule has 2 aromatic carbocycles. The molecule has 1 unspecified atom stereocenters. The molecule has 24 heavy (non-hydrogen) atoms. The SMILES string of the molecule is Cc1noc2c1CC1(c3ccccc3)C(=O)Nc3c(Cl)cc-2cc31. The summed E-state index contributed by atoms with van der Waals surface area (Å²) in [5.41, 5.74) is 4.38. The average Bonchev–Trinajstić information content (AvgIpc) is 3.05. The van der Waals surface area contributed by atoms with Crippen LogP contribution in [0.4, 0.5) is 5.69 Å². The summed E-state index contributed by atoms with van der Waals surface area (Å²) < 4.78 is 5.55. The van der Waals surface area contributed by atoms with E-state index in [9.17, 15) is 4.79 Å². The van der Waals surface area contributed by atoms with E-state index in [1.54, 1.807) is 0 Å². The van der Waals surface area contributed by atoms with Crippen molar-refractivity contribution in [3.63, 3.8) is 0 Å². The minimum atomic E-state index is -0.808. The zero-order valence-electron chi connectivity index (χ0n) is 12.9. The van der Waals surface area contributed by atoms with Gasteiger partial charge in [-0.1, -0.05) is 47.1 Å². The fourth-order valence-electron chi connectivity index (χ4n) is 3.92. The number of nitrogens with zero attached hydrogens (tertiary/aromatic N) is 1. The molecule has 0 fully saturated rings. The number of nitrogens with one attached hydrogen (secondary N) is 1. The summed E-state index contributed by atoms with van der Waals surface area (Å²) in [7, 11) is 0. The Morgan fingerprint density at radius 3 is 2.83 bits per heavy atom. The van der Waals surface area contributed by atoms with E-state index in [2.05, 4.69) is 10.5 Å². The number of hydrogen-bond donors (Lipinski definition) is 1. The lowest BCUT2D eigenvalue weighted by Gasteiger charge is -2.27. The lowest BCUT2D eigenvalue weighted by molar-refractivity contribution is -0.119. The number of benzene rings is 2. The first-order chi connectivity index (χ1) is 11.6. The third-order valence-corrected chi connectivity index (χ3v) is 5.43. The highest BCUT2D eigenvalue weighted by Gasteiger charge is 2.51. The second kappa shape index (κ2) is 4.48. The Balaban J connectivity index is 1.93. The molecule has 0 radical (unpaired) electrons. The molecule has 3 aromatic rings. The predicted octanol–water partition coefficient (Wildman–Crippen LogP) is 4.10. The minimum absolute atomic E-state index is 0.0591. The van der Waals surface area contributed by atoms with Gasteiger partial charge in [0.25, 0.3) is 0 Å². The van der Waals surface area contributed by atoms with E-state index in [4.69, 9.17) is 16.1 Å². The Kier molecular flexibility index (Phi) is 2.58. The number of anilines is 1. The normalized spacial score (nSPS) is 20.5. The Morgan fingerprint density at radius 1 is 1.25 bits per heavy atom. The van der Waals surface area contributed by atoms with E-state index >= 15 is 0 Å². The van der Waals surface area contributed by atoms with E-state index in [0.29, 0.717) is 22.9 Å². The van der Waals surface area contributed by atoms with Crippen molar-refractivity contribution in [2.75, 3.05) is 5.32 Å². The first-order valence-electron chi connectivity index (χ1n) is 7.78. The Labute approximate surface area is 143 Å². The van der Waals surface area contributed by atoms with Gasteiger partial charge < -0.3 is 9.84 Å². The number of carbonyl (C=O) groups excluding carboxylic acids is 1. The van der Waals surface area contributed by atoms with Crippen LogP contribution in [-0.4, -0.2) is 11.1 Å². The molecular weight excluding hydrogens is 324 g/mol. The molecule has 1 N–H and O–H groups in total. The maximum Gasteiger partial charge on any atom is 0.239 e. The molecule has 1 aliphatic heterocycles. The van der Waals surface area contributed by atoms with Gasteiger partial charge in [-0.05, 0) is 30.2 Å². The summed E-state index contributed by atoms with van der Waals surface area (Å²) in [6, 6.07) is 13.7. The van der Waals surface area contributed by atoms with Crippen molar-refractivity contribution in [3.05, 3.63) is 69.9 Å². The van der Waals surface area contributed by atoms with Crippen LogP contribution in [-0.2, 0) is 16.6 Å². The molecule has 0 saturated heterocycles. The molecule has 2 bridgehead atoms. The number of amides is 1. The minimum Gasteiger partial charge on any atom is -0.356 e. The maximum atomic E-state index is 13.1. The van der Waals surface area contributed by atoms with Gasteiger partial charge in [0.2, 0.25) is 5.91 Å². The zero-order valence-corrected chi connectivity index (χ0v) is 13.6. The van der Waals surface area contributed by atoms with Crippen LogP contribution < -0.4 is 5.32 Å². The number of rotatable bonds is 1. The van der Waals surface area contributed by atoms with E-state index in [0.717, 1.165) is 27.9 Å². The summed E-state index contributed by atoms with van der Waals surface area (Å²) in [4.78, 5) is 13.1. The monoisotopic (exact) mass is 336 g/mol. The summed E-state index contributed by atoms with van der Waals surface area (Å²) in [6.45, 7) is 1.91. The van der Waals surface area contributed by atoms with Crippen LogP contribution in [0.3, 0.4) is 0 Å². The second-order valence-corrected chi connectivity index (χ2v) is 6.77. The lowest BCUT2D eigenvalue weighted by atomic mass is 9.72. The Hall–Kier alpha value is -2.59. The van der Waals surface area contributed by atoms with Crippen molar-refractivity contribution in [1.29, 1.82) is 0 Å². The molecular formula is C19H13ClN2O2. The van der Waals surface area contributed by atoms with Crippen molar-refractivity contribution >= 4 is 23.2 Å². The van der Waals surface area contributed by atoms with Crippen molar-refractivity contribution in [2.24, 2.45) is 0 Å². The maximum absolute atomic E-state index is 13.1. The molecule has 5 rings (SSSR count). The van der Waals surface area contributed by atoms with Crippen molar-refractivity contribution in [1.82, 2.24) is 5.16 Å². The number of aromatic nitrogens is 1. The van der Waals surface area contributed by atoms with Gasteiger partial charge in [-0.3, -0.25) is 4.79 Å². The highest BCUT2D eigenvalue weighted by molar-refractivity contribution is 6.35. The first-order valence-corrected chi connectivity index (χ1v) is 8.15. The van der Waals surface area contributed by atoms with Crippen LogP contribution in [0.1, 0.15) is 22.4 Å². The summed E-state index contributed by atoms with van der Waals surface area (Å²) in [5.74, 6) is 0.644. The van der Waals surface area contributed by atoms with Crippen LogP contribution in [0, 0.1) is 6.92 Å². The van der Waals surface area contributed by atoms with Crippen molar-refractivity contribution < 1.29 is 9.32 Å². The Morgan fingerprint density at radius 2 is 2.04 bits per heavy atom. The van der Waals surface area contributed by atoms with Gasteiger partial charge in [0.1, 0.15) is 5.41 Å². The molecule has 118 valence electrons. The number of carbonyl (C=O) groups is 1. The highest BCUT2D eigenvalue weighted by atomic mass is 35.5. The van der Waals surface area contributed by atoms with Gasteiger partial charge in [0, 0.05) is 17.5 Å². The number of halogens is 1. The van der Waals surface area contributed by atoms with Crippen LogP contribution in [0.15, 0.2) is 47.0 Å². The van der Waals surface area contributed by atoms with Crippen LogP contribution >= 0.6 is 11.6 Å². The molecule has 4 nitrogen and oxygen atoms in total. The van der Waals surface area contributed by atoms with Crippen molar-refractivity contribution in [2.45, 2.75) is 18.8 Å². The third-order valence-electron chi connectivity index (χ3n) is 5.13. The average molecular weight is 337 g/mol. The molecule has 2 heterocycles. The van der Waals surface area contributed by atoms with E-state index in [1.807, 2.05) is 49.4 Å². The number of hydrogen-bond acceptors (Lipinski definition) is 3. The van der Waals surface area contributed by atoms with Gasteiger partial charge >= 0.3 is 0 Å². The molecule has 1 aromatic heterocycles. The van der Waals surface area contributed by atoms with Crippen LogP contribution in [0.25, 0.3) is 11.3 Å². The molecule has 2 aliphatic rings. The molecule has 1 amide bonds. The number of fused-ring (bicyclic) bond motifs is 3. The Bertz CT molecular complexity index is 1010. The van der Waals surface area contributed by atoms with Gasteiger partial charge in [-0.15, -0.1) is 0 Å². The van der Waals surface area contributed by atoms with Crippen molar-refractivity contribution in [3.8, 4) is 11.3 Å². The smallest absolute Gasteiger partial charge is 0.239 e. The lowest BCUT2D eigenvalue weighted by Crippen LogP contribution is -2.37. The fourth-order valence-corrected chi connectivity index (χ4v) is 4.19. The zero-order chi connectivity index (χ0) is 16.5. The quantitative estimate of drug-likeness (QED) is 0.728. The summed E-state index contributed by atoms with van der Waals surface area (Å²) in [5, 5.41) is 7.62. The molecule has 5 heteroatoms. The number of aryl methyl sites for hydroxylation is 1. The second-order valence-electron chi connectivity index (χ2n) is 6.36. The van der Waals surface area contributed by atoms with Gasteiger partial charge in [-0.25, -0.2) is 0 Å². The van der Waals surface area contributed by atoms with E-state index in [-0.39, 0.29) is 5.91 Å². The van der Waals surface area contributed by atoms with Crippen LogP contribution in [0.2, 0.25) is 5.02 Å². The fraction of sp³-hybridized carbons (Fsp3) is 0.158. The van der Waals surface area contributed by atoms with Gasteiger partial charge in [0.05, 0.1) is 16.4 Å². The summed E-state index contributed by atoms with van der Waals surface area (Å²) in [6.07, 6.45) is 0.504. The van der Waals surface area contributed by atoms with Gasteiger partial charge in [-0.2, -0.15) is 0 Å². The third kappa shape index (κ3) is 1.54. The molecule has 0 spiro atoms. The standard InChI is InChI=1S/C19H13ClN2O2/c1-10-13-9-19(12-5-3-2-4-6-12)14-7-11(17(13)24-22-10)8-15(20)16(14)21-18(19)23/h2-8H,9H2,1H3,(H,21,23). The van der Waals surface area contributed by atoms with E-state index < -0.39 is 5.41 Å². The molecule has 1 atom stereocenters. The predicted molar refractivity (Wildman–Crippen MR) is 91.2 cm³/mol. The van der Waals surface area contributed by atoms with E-state index in [1.165, 1.54) is 0 Å². The van der Waals surface area contributed by atoms with Crippen LogP contribution in [0.5, 0.6) is 0 Å². The van der Waals surface area contributed by atoms with Gasteiger partial charge in [0.15, 0.2) is 5.76 Å².